The van der Waals surface area contributed by atoms with Crippen LogP contribution in [0.4, 0.5) is 0 Å². The van der Waals surface area contributed by atoms with Crippen molar-refractivity contribution in [2.45, 2.75) is 12.6 Å². The van der Waals surface area contributed by atoms with Crippen molar-refractivity contribution < 1.29 is 5.11 Å². The lowest BCUT2D eigenvalue weighted by atomic mass is 10.1. The Morgan fingerprint density at radius 3 is 2.56 bits per heavy atom. The Kier molecular flexibility index (Phi) is 4.87. The minimum absolute atomic E-state index is 0.0587. The highest BCUT2D eigenvalue weighted by atomic mass is 79.9. The van der Waals surface area contributed by atoms with Crippen LogP contribution in [0.5, 0.6) is 0 Å². The fourth-order valence-corrected chi connectivity index (χ4v) is 1.95. The first-order chi connectivity index (χ1) is 8.79. The molecule has 1 aromatic heterocycles. The zero-order valence-corrected chi connectivity index (χ0v) is 11.5. The van der Waals surface area contributed by atoms with Crippen LogP contribution in [0, 0.1) is 0 Å². The van der Waals surface area contributed by atoms with Crippen LogP contribution < -0.4 is 5.32 Å². The fourth-order valence-electron chi connectivity index (χ4n) is 1.71. The van der Waals surface area contributed by atoms with Gasteiger partial charge in [0.25, 0.3) is 0 Å². The largest absolute Gasteiger partial charge is 0.394 e. The Morgan fingerprint density at radius 1 is 1.17 bits per heavy atom. The van der Waals surface area contributed by atoms with Crippen LogP contribution >= 0.6 is 15.9 Å². The van der Waals surface area contributed by atoms with Crippen molar-refractivity contribution in [1.82, 2.24) is 10.3 Å². The number of halogens is 1. The molecule has 0 fully saturated rings. The van der Waals surface area contributed by atoms with E-state index in [-0.39, 0.29) is 12.6 Å². The van der Waals surface area contributed by atoms with Crippen LogP contribution in [0.1, 0.15) is 17.3 Å². The average Bonchev–Trinajstić information content (AvgIpc) is 2.43. The second kappa shape index (κ2) is 6.64. The molecule has 1 heterocycles. The summed E-state index contributed by atoms with van der Waals surface area (Å²) in [7, 11) is 0. The van der Waals surface area contributed by atoms with E-state index in [0.717, 1.165) is 15.7 Å². The molecule has 0 unspecified atom stereocenters. The lowest BCUT2D eigenvalue weighted by Gasteiger charge is -2.16. The number of benzene rings is 1. The molecule has 1 aromatic carbocycles. The molecule has 0 radical (unpaired) electrons. The molecule has 0 saturated heterocycles. The van der Waals surface area contributed by atoms with Crippen LogP contribution in [0.3, 0.4) is 0 Å². The van der Waals surface area contributed by atoms with E-state index in [0.29, 0.717) is 6.54 Å². The van der Waals surface area contributed by atoms with Crippen molar-refractivity contribution in [3.8, 4) is 0 Å². The molecule has 0 aliphatic rings. The molecular weight excluding hydrogens is 292 g/mol. The van der Waals surface area contributed by atoms with Crippen molar-refractivity contribution in [2.75, 3.05) is 6.61 Å². The summed E-state index contributed by atoms with van der Waals surface area (Å²) < 4.78 is 0.966. The molecule has 94 valence electrons. The number of aliphatic hydroxyl groups excluding tert-OH is 1. The summed E-state index contributed by atoms with van der Waals surface area (Å²) in [6.07, 6.45) is 1.77. The monoisotopic (exact) mass is 306 g/mol. The lowest BCUT2D eigenvalue weighted by Crippen LogP contribution is -2.24. The number of aliphatic hydroxyl groups is 1. The third kappa shape index (κ3) is 3.63. The van der Waals surface area contributed by atoms with Crippen LogP contribution in [0.15, 0.2) is 53.1 Å². The first-order valence-corrected chi connectivity index (χ1v) is 6.58. The quantitative estimate of drug-likeness (QED) is 0.892. The van der Waals surface area contributed by atoms with Gasteiger partial charge in [0, 0.05) is 17.2 Å². The summed E-state index contributed by atoms with van der Waals surface area (Å²) in [4.78, 5) is 4.29. The van der Waals surface area contributed by atoms with Crippen molar-refractivity contribution in [1.29, 1.82) is 0 Å². The molecule has 3 nitrogen and oxygen atoms in total. The Bertz CT molecular complexity index is 473. The zero-order chi connectivity index (χ0) is 12.8. The number of rotatable bonds is 5. The number of hydrogen-bond donors (Lipinski definition) is 2. The third-order valence-corrected chi connectivity index (χ3v) is 3.17. The van der Waals surface area contributed by atoms with Crippen molar-refractivity contribution >= 4 is 15.9 Å². The predicted octanol–water partition coefficient (Wildman–Crippen LogP) is 2.67. The molecule has 1 atom stereocenters. The molecule has 0 aliphatic carbocycles. The minimum atomic E-state index is -0.0587. The van der Waals surface area contributed by atoms with Gasteiger partial charge in [0.2, 0.25) is 0 Å². The van der Waals surface area contributed by atoms with Crippen molar-refractivity contribution in [3.05, 3.63) is 64.4 Å². The number of hydrogen-bond acceptors (Lipinski definition) is 3. The smallest absolute Gasteiger partial charge is 0.0626 e. The topological polar surface area (TPSA) is 45.1 Å². The van der Waals surface area contributed by atoms with E-state index in [1.807, 2.05) is 42.5 Å². The van der Waals surface area contributed by atoms with Crippen LogP contribution in [0.25, 0.3) is 0 Å². The summed E-state index contributed by atoms with van der Waals surface area (Å²) in [6.45, 7) is 0.702. The van der Waals surface area contributed by atoms with Crippen LogP contribution in [0.2, 0.25) is 0 Å². The van der Waals surface area contributed by atoms with Gasteiger partial charge in [0.1, 0.15) is 0 Å². The van der Waals surface area contributed by atoms with Gasteiger partial charge < -0.3 is 10.4 Å². The van der Waals surface area contributed by atoms with Gasteiger partial charge in [-0.1, -0.05) is 30.3 Å². The Balaban J connectivity index is 1.97. The SMILES string of the molecule is OC[C@H](NCc1ccc(Br)cn1)c1ccccc1. The van der Waals surface area contributed by atoms with E-state index in [1.54, 1.807) is 6.20 Å². The van der Waals surface area contributed by atoms with Crippen molar-refractivity contribution in [3.63, 3.8) is 0 Å². The van der Waals surface area contributed by atoms with Crippen LogP contribution in [-0.4, -0.2) is 16.7 Å². The maximum atomic E-state index is 9.41. The molecule has 2 N–H and O–H groups in total. The molecule has 2 rings (SSSR count). The zero-order valence-electron chi connectivity index (χ0n) is 9.88. The number of nitrogens with zero attached hydrogens (tertiary/aromatic N) is 1. The number of nitrogens with one attached hydrogen (secondary N) is 1. The lowest BCUT2D eigenvalue weighted by molar-refractivity contribution is 0.243. The van der Waals surface area contributed by atoms with E-state index in [9.17, 15) is 5.11 Å². The second-order valence-electron chi connectivity index (χ2n) is 3.99. The highest BCUT2D eigenvalue weighted by molar-refractivity contribution is 9.10. The first kappa shape index (κ1) is 13.2. The second-order valence-corrected chi connectivity index (χ2v) is 4.91. The average molecular weight is 307 g/mol. The summed E-state index contributed by atoms with van der Waals surface area (Å²) in [5.74, 6) is 0. The van der Waals surface area contributed by atoms with Gasteiger partial charge in [0.05, 0.1) is 18.3 Å². The molecular formula is C14H15BrN2O. The maximum absolute atomic E-state index is 9.41. The summed E-state index contributed by atoms with van der Waals surface area (Å²) in [6, 6.07) is 13.8. The van der Waals surface area contributed by atoms with Gasteiger partial charge in [-0.15, -0.1) is 0 Å². The maximum Gasteiger partial charge on any atom is 0.0626 e. The summed E-state index contributed by atoms with van der Waals surface area (Å²) >= 11 is 3.35. The molecule has 4 heteroatoms. The molecule has 0 aliphatic heterocycles. The molecule has 0 amide bonds. The summed E-state index contributed by atoms with van der Waals surface area (Å²) in [5.41, 5.74) is 2.03. The van der Waals surface area contributed by atoms with Gasteiger partial charge in [-0.2, -0.15) is 0 Å². The Morgan fingerprint density at radius 2 is 1.94 bits per heavy atom. The highest BCUT2D eigenvalue weighted by Gasteiger charge is 2.09. The molecule has 18 heavy (non-hydrogen) atoms. The fraction of sp³-hybridized carbons (Fsp3) is 0.214. The standard InChI is InChI=1S/C14H15BrN2O/c15-12-6-7-13(16-8-12)9-17-14(10-18)11-4-2-1-3-5-11/h1-8,14,17-18H,9-10H2/t14-/m0/s1. The Hall–Kier alpha value is -1.23. The third-order valence-electron chi connectivity index (χ3n) is 2.70. The van der Waals surface area contributed by atoms with Gasteiger partial charge >= 0.3 is 0 Å². The van der Waals surface area contributed by atoms with E-state index in [4.69, 9.17) is 0 Å². The number of aromatic nitrogens is 1. The number of pyridine rings is 1. The van der Waals surface area contributed by atoms with Crippen molar-refractivity contribution in [2.24, 2.45) is 0 Å². The summed E-state index contributed by atoms with van der Waals surface area (Å²) in [5, 5.41) is 12.7. The van der Waals surface area contributed by atoms with Gasteiger partial charge in [-0.05, 0) is 33.6 Å². The van der Waals surface area contributed by atoms with Gasteiger partial charge in [-0.3, -0.25) is 4.98 Å². The molecule has 0 bridgehead atoms. The van der Waals surface area contributed by atoms with E-state index >= 15 is 0 Å². The molecule has 2 aromatic rings. The highest BCUT2D eigenvalue weighted by Crippen LogP contribution is 2.13. The van der Waals surface area contributed by atoms with E-state index < -0.39 is 0 Å². The van der Waals surface area contributed by atoms with E-state index in [2.05, 4.69) is 26.2 Å². The normalized spacial score (nSPS) is 12.3. The van der Waals surface area contributed by atoms with Gasteiger partial charge in [0.15, 0.2) is 0 Å². The minimum Gasteiger partial charge on any atom is -0.394 e. The first-order valence-electron chi connectivity index (χ1n) is 5.79. The van der Waals surface area contributed by atoms with Crippen LogP contribution in [-0.2, 0) is 6.54 Å². The van der Waals surface area contributed by atoms with E-state index in [1.165, 1.54) is 0 Å². The predicted molar refractivity (Wildman–Crippen MR) is 75.0 cm³/mol. The Labute approximate surface area is 115 Å². The molecule has 0 spiro atoms. The van der Waals surface area contributed by atoms with Gasteiger partial charge in [-0.25, -0.2) is 0 Å². The molecule has 0 saturated carbocycles.